The number of piperidine rings is 1. The molecule has 0 aliphatic carbocycles. The number of rotatable bonds is 6. The van der Waals surface area contributed by atoms with E-state index in [1.807, 2.05) is 0 Å². The first-order valence-corrected chi connectivity index (χ1v) is 7.56. The zero-order valence-corrected chi connectivity index (χ0v) is 12.2. The van der Waals surface area contributed by atoms with Gasteiger partial charge in [-0.1, -0.05) is 13.0 Å². The Morgan fingerprint density at radius 2 is 2.20 bits per heavy atom. The van der Waals surface area contributed by atoms with Crippen molar-refractivity contribution in [3.63, 3.8) is 0 Å². The molecule has 1 unspecified atom stereocenters. The second-order valence-electron chi connectivity index (χ2n) is 5.68. The lowest BCUT2D eigenvalue weighted by atomic mass is 9.98. The molecule has 1 heterocycles. The Morgan fingerprint density at radius 3 is 2.85 bits per heavy atom. The highest BCUT2D eigenvalue weighted by molar-refractivity contribution is 5.18. The lowest BCUT2D eigenvalue weighted by Crippen LogP contribution is -2.38. The number of nitrogens with one attached hydrogen (secondary N) is 1. The van der Waals surface area contributed by atoms with Crippen molar-refractivity contribution in [1.82, 2.24) is 10.2 Å². The molecule has 1 aromatic rings. The Morgan fingerprint density at radius 1 is 1.35 bits per heavy atom. The van der Waals surface area contributed by atoms with Crippen LogP contribution in [0.1, 0.15) is 31.7 Å². The second-order valence-corrected chi connectivity index (χ2v) is 5.68. The van der Waals surface area contributed by atoms with E-state index in [9.17, 15) is 8.78 Å². The smallest absolute Gasteiger partial charge is 0.130 e. The highest BCUT2D eigenvalue weighted by Gasteiger charge is 2.17. The van der Waals surface area contributed by atoms with Gasteiger partial charge in [0, 0.05) is 24.7 Å². The molecule has 1 aromatic carbocycles. The lowest BCUT2D eigenvalue weighted by Gasteiger charge is -2.30. The molecular weight excluding hydrogens is 258 g/mol. The first kappa shape index (κ1) is 15.4. The van der Waals surface area contributed by atoms with Crippen LogP contribution >= 0.6 is 0 Å². The number of nitrogens with zero attached hydrogens (tertiary/aromatic N) is 1. The Kier molecular flexibility index (Phi) is 5.92. The summed E-state index contributed by atoms with van der Waals surface area (Å²) in [5, 5.41) is 3.41. The first-order valence-electron chi connectivity index (χ1n) is 7.56. The van der Waals surface area contributed by atoms with Gasteiger partial charge in [0.2, 0.25) is 0 Å². The topological polar surface area (TPSA) is 15.3 Å². The molecule has 2 rings (SSSR count). The fourth-order valence-electron chi connectivity index (χ4n) is 2.89. The molecule has 1 saturated heterocycles. The van der Waals surface area contributed by atoms with Gasteiger partial charge >= 0.3 is 0 Å². The van der Waals surface area contributed by atoms with Gasteiger partial charge in [0.05, 0.1) is 0 Å². The predicted molar refractivity (Wildman–Crippen MR) is 77.5 cm³/mol. The van der Waals surface area contributed by atoms with E-state index in [2.05, 4.69) is 17.1 Å². The van der Waals surface area contributed by atoms with Gasteiger partial charge in [-0.05, 0) is 50.9 Å². The largest absolute Gasteiger partial charge is 0.316 e. The Hall–Kier alpha value is -1.00. The summed E-state index contributed by atoms with van der Waals surface area (Å²) in [7, 11) is 0. The monoisotopic (exact) mass is 282 g/mol. The summed E-state index contributed by atoms with van der Waals surface area (Å²) in [6.07, 6.45) is 3.50. The predicted octanol–water partition coefficient (Wildman–Crippen LogP) is 3.18. The minimum atomic E-state index is -0.509. The lowest BCUT2D eigenvalue weighted by molar-refractivity contribution is 0.199. The molecule has 20 heavy (non-hydrogen) atoms. The van der Waals surface area contributed by atoms with Crippen molar-refractivity contribution in [2.45, 2.75) is 32.7 Å². The third-order valence-corrected chi connectivity index (χ3v) is 3.86. The molecule has 0 aromatic heterocycles. The van der Waals surface area contributed by atoms with Crippen molar-refractivity contribution in [3.05, 3.63) is 35.4 Å². The van der Waals surface area contributed by atoms with Crippen molar-refractivity contribution in [2.24, 2.45) is 5.92 Å². The van der Waals surface area contributed by atoms with E-state index >= 15 is 0 Å². The van der Waals surface area contributed by atoms with Gasteiger partial charge in [0.15, 0.2) is 0 Å². The molecule has 1 aliphatic rings. The SMILES string of the molecule is CCCN(Cc1ccc(F)cc1F)CC1CCCNC1. The fourth-order valence-corrected chi connectivity index (χ4v) is 2.89. The summed E-state index contributed by atoms with van der Waals surface area (Å²) in [6.45, 7) is 6.79. The molecule has 4 heteroatoms. The van der Waals surface area contributed by atoms with Crippen LogP contribution < -0.4 is 5.32 Å². The average molecular weight is 282 g/mol. The maximum Gasteiger partial charge on any atom is 0.130 e. The van der Waals surface area contributed by atoms with Crippen LogP contribution in [0.5, 0.6) is 0 Å². The molecular formula is C16H24F2N2. The Bertz CT molecular complexity index is 417. The molecule has 1 N–H and O–H groups in total. The van der Waals surface area contributed by atoms with Crippen molar-refractivity contribution < 1.29 is 8.78 Å². The third kappa shape index (κ3) is 4.53. The van der Waals surface area contributed by atoms with E-state index in [1.54, 1.807) is 6.07 Å². The third-order valence-electron chi connectivity index (χ3n) is 3.86. The van der Waals surface area contributed by atoms with Crippen molar-refractivity contribution >= 4 is 0 Å². The summed E-state index contributed by atoms with van der Waals surface area (Å²) >= 11 is 0. The minimum Gasteiger partial charge on any atom is -0.316 e. The standard InChI is InChI=1S/C16H24F2N2/c1-2-8-20(11-13-4-3-7-19-10-13)12-14-5-6-15(17)9-16(14)18/h5-6,9,13,19H,2-4,7-8,10-12H2,1H3. The summed E-state index contributed by atoms with van der Waals surface area (Å²) in [6, 6.07) is 3.87. The molecule has 0 saturated carbocycles. The van der Waals surface area contributed by atoms with E-state index in [0.717, 1.165) is 38.7 Å². The molecule has 1 fully saturated rings. The van der Waals surface area contributed by atoms with Crippen LogP contribution in [0.2, 0.25) is 0 Å². The van der Waals surface area contributed by atoms with E-state index in [-0.39, 0.29) is 0 Å². The van der Waals surface area contributed by atoms with Crippen LogP contribution in [-0.4, -0.2) is 31.1 Å². The van der Waals surface area contributed by atoms with Crippen molar-refractivity contribution in [3.8, 4) is 0 Å². The van der Waals surface area contributed by atoms with E-state index in [4.69, 9.17) is 0 Å². The summed E-state index contributed by atoms with van der Waals surface area (Å²) in [5.74, 6) is -0.309. The van der Waals surface area contributed by atoms with Crippen LogP contribution in [0.3, 0.4) is 0 Å². The summed E-state index contributed by atoms with van der Waals surface area (Å²) in [4.78, 5) is 2.29. The molecule has 112 valence electrons. The van der Waals surface area contributed by atoms with Gasteiger partial charge in [0.1, 0.15) is 11.6 Å². The van der Waals surface area contributed by atoms with E-state index in [0.29, 0.717) is 18.0 Å². The van der Waals surface area contributed by atoms with Crippen molar-refractivity contribution in [2.75, 3.05) is 26.2 Å². The van der Waals surface area contributed by atoms with Crippen LogP contribution in [0.15, 0.2) is 18.2 Å². The van der Waals surface area contributed by atoms with Crippen LogP contribution in [0.25, 0.3) is 0 Å². The highest BCUT2D eigenvalue weighted by Crippen LogP contribution is 2.16. The number of benzene rings is 1. The summed E-state index contributed by atoms with van der Waals surface area (Å²) in [5.41, 5.74) is 0.587. The minimum absolute atomic E-state index is 0.437. The first-order chi connectivity index (χ1) is 9.69. The van der Waals surface area contributed by atoms with Gasteiger partial charge in [-0.15, -0.1) is 0 Å². The number of hydrogen-bond donors (Lipinski definition) is 1. The van der Waals surface area contributed by atoms with Gasteiger partial charge in [-0.3, -0.25) is 4.90 Å². The zero-order chi connectivity index (χ0) is 14.4. The van der Waals surface area contributed by atoms with Gasteiger partial charge in [-0.2, -0.15) is 0 Å². The molecule has 0 spiro atoms. The van der Waals surface area contributed by atoms with E-state index < -0.39 is 11.6 Å². The summed E-state index contributed by atoms with van der Waals surface area (Å²) < 4.78 is 26.7. The van der Waals surface area contributed by atoms with Gasteiger partial charge < -0.3 is 5.32 Å². The maximum absolute atomic E-state index is 13.8. The normalized spacial score (nSPS) is 19.5. The molecule has 2 nitrogen and oxygen atoms in total. The molecule has 0 radical (unpaired) electrons. The van der Waals surface area contributed by atoms with Crippen LogP contribution in [-0.2, 0) is 6.54 Å². The molecule has 0 bridgehead atoms. The van der Waals surface area contributed by atoms with Crippen LogP contribution in [0, 0.1) is 17.6 Å². The molecule has 1 atom stereocenters. The Labute approximate surface area is 120 Å². The maximum atomic E-state index is 13.8. The number of halogens is 2. The Balaban J connectivity index is 1.96. The van der Waals surface area contributed by atoms with Gasteiger partial charge in [0.25, 0.3) is 0 Å². The van der Waals surface area contributed by atoms with Gasteiger partial charge in [-0.25, -0.2) is 8.78 Å². The quantitative estimate of drug-likeness (QED) is 0.862. The highest BCUT2D eigenvalue weighted by atomic mass is 19.1. The van der Waals surface area contributed by atoms with Crippen molar-refractivity contribution in [1.29, 1.82) is 0 Å². The molecule has 0 amide bonds. The molecule has 1 aliphatic heterocycles. The fraction of sp³-hybridized carbons (Fsp3) is 0.625. The number of hydrogen-bond acceptors (Lipinski definition) is 2. The zero-order valence-electron chi connectivity index (χ0n) is 12.2. The van der Waals surface area contributed by atoms with E-state index in [1.165, 1.54) is 18.9 Å². The average Bonchev–Trinajstić information content (AvgIpc) is 2.43. The second kappa shape index (κ2) is 7.70. The van der Waals surface area contributed by atoms with Crippen LogP contribution in [0.4, 0.5) is 8.78 Å².